The Hall–Kier alpha value is -0.706. The summed E-state index contributed by atoms with van der Waals surface area (Å²) in [4.78, 5) is 0. The van der Waals surface area contributed by atoms with Gasteiger partial charge >= 0.3 is 8.80 Å². The highest BCUT2D eigenvalue weighted by Crippen LogP contribution is 2.18. The second-order valence-electron chi connectivity index (χ2n) is 4.38. The Bertz CT molecular complexity index is 339. The van der Waals surface area contributed by atoms with Crippen LogP contribution in [0, 0.1) is 0 Å². The zero-order chi connectivity index (χ0) is 16.7. The Morgan fingerprint density at radius 2 is 1.45 bits per heavy atom. The third-order valence-electron chi connectivity index (χ3n) is 2.86. The van der Waals surface area contributed by atoms with E-state index in [9.17, 15) is 0 Å². The number of para-hydroxylation sites is 1. The molecule has 0 aliphatic rings. The molecule has 22 heavy (non-hydrogen) atoms. The third-order valence-corrected chi connectivity index (χ3v) is 6.01. The topological polar surface area (TPSA) is 65.7 Å². The molecular weight excluding hydrogens is 312 g/mol. The van der Waals surface area contributed by atoms with Crippen molar-refractivity contribution < 1.29 is 13.3 Å². The Morgan fingerprint density at radius 3 is 1.91 bits per heavy atom. The number of hydrogen-bond donors (Lipinski definition) is 2. The first-order chi connectivity index (χ1) is 10.8. The van der Waals surface area contributed by atoms with Crippen molar-refractivity contribution in [3.05, 3.63) is 30.3 Å². The number of rotatable bonds is 11. The molecule has 128 valence electrons. The van der Waals surface area contributed by atoms with E-state index < -0.39 is 8.80 Å². The molecule has 5 nitrogen and oxygen atoms in total. The van der Waals surface area contributed by atoms with Crippen molar-refractivity contribution in [2.75, 3.05) is 31.7 Å². The molecule has 0 aromatic heterocycles. The van der Waals surface area contributed by atoms with Crippen LogP contribution in [0.5, 0.6) is 0 Å². The van der Waals surface area contributed by atoms with Crippen LogP contribution in [0.1, 0.15) is 27.2 Å². The molecule has 0 fully saturated rings. The summed E-state index contributed by atoms with van der Waals surface area (Å²) < 4.78 is 17.5. The van der Waals surface area contributed by atoms with Gasteiger partial charge in [0.2, 0.25) is 0 Å². The van der Waals surface area contributed by atoms with Gasteiger partial charge in [-0.2, -0.15) is 0 Å². The van der Waals surface area contributed by atoms with E-state index >= 15 is 0 Å². The van der Waals surface area contributed by atoms with Gasteiger partial charge in [-0.3, -0.25) is 0 Å². The minimum atomic E-state index is -2.47. The SMILES string of the molecule is CCO[Si](CCCNc1ccccc1)(OCC)OCC.N[SiH3]. The van der Waals surface area contributed by atoms with Gasteiger partial charge in [0.15, 0.2) is 0 Å². The van der Waals surface area contributed by atoms with Crippen LogP contribution in [0.15, 0.2) is 30.3 Å². The minimum absolute atomic E-state index is 0.637. The molecule has 0 saturated carbocycles. The largest absolute Gasteiger partial charge is 0.500 e. The third kappa shape index (κ3) is 8.67. The highest BCUT2D eigenvalue weighted by molar-refractivity contribution is 6.60. The standard InChI is InChI=1S/C15H27NO3Si.H5NSi/c1-4-17-20(18-5-2,19-6-3)14-10-13-16-15-11-8-7-9-12-15;1-2/h7-9,11-12,16H,4-6,10,13-14H2,1-3H3;1H2,2H3. The quantitative estimate of drug-likeness (QED) is 0.473. The number of hydrogen-bond acceptors (Lipinski definition) is 5. The average Bonchev–Trinajstić information content (AvgIpc) is 2.55. The lowest BCUT2D eigenvalue weighted by Gasteiger charge is -2.28. The summed E-state index contributed by atoms with van der Waals surface area (Å²) in [6.45, 7) is 8.77. The number of anilines is 1. The van der Waals surface area contributed by atoms with E-state index in [0.717, 1.165) is 35.1 Å². The molecule has 3 N–H and O–H groups in total. The van der Waals surface area contributed by atoms with Gasteiger partial charge in [0.25, 0.3) is 0 Å². The molecule has 0 amide bonds. The number of nitrogens with two attached hydrogens (primary N) is 1. The van der Waals surface area contributed by atoms with Crippen LogP contribution in [-0.2, 0) is 13.3 Å². The summed E-state index contributed by atoms with van der Waals surface area (Å²) in [5, 5.41) is 8.04. The highest BCUT2D eigenvalue weighted by atomic mass is 28.4. The molecule has 0 bridgehead atoms. The van der Waals surface area contributed by atoms with Crippen LogP contribution in [0.4, 0.5) is 5.69 Å². The fourth-order valence-electron chi connectivity index (χ4n) is 2.09. The first-order valence-corrected chi connectivity index (χ1v) is 11.1. The predicted molar refractivity (Wildman–Crippen MR) is 99.1 cm³/mol. The monoisotopic (exact) mass is 344 g/mol. The Balaban J connectivity index is 0.00000211. The predicted octanol–water partition coefficient (Wildman–Crippen LogP) is 1.76. The van der Waals surface area contributed by atoms with Gasteiger partial charge in [0, 0.05) is 38.1 Å². The van der Waals surface area contributed by atoms with E-state index in [1.807, 2.05) is 39.0 Å². The molecule has 0 aliphatic heterocycles. The van der Waals surface area contributed by atoms with E-state index in [0.29, 0.717) is 19.8 Å². The maximum Gasteiger partial charge on any atom is 0.500 e. The summed E-state index contributed by atoms with van der Waals surface area (Å²) in [7, 11) is -1.67. The van der Waals surface area contributed by atoms with E-state index in [4.69, 9.17) is 13.3 Å². The van der Waals surface area contributed by atoms with Crippen molar-refractivity contribution in [2.45, 2.75) is 33.2 Å². The van der Waals surface area contributed by atoms with Gasteiger partial charge in [-0.05, 0) is 39.3 Å². The van der Waals surface area contributed by atoms with Crippen molar-refractivity contribution in [1.29, 1.82) is 0 Å². The second-order valence-corrected chi connectivity index (χ2v) is 7.11. The molecule has 0 aliphatic carbocycles. The summed E-state index contributed by atoms with van der Waals surface area (Å²) in [5.74, 6) is 0. The van der Waals surface area contributed by atoms with Gasteiger partial charge < -0.3 is 24.0 Å². The van der Waals surface area contributed by atoms with Gasteiger partial charge in [-0.25, -0.2) is 0 Å². The van der Waals surface area contributed by atoms with Crippen molar-refractivity contribution in [1.82, 2.24) is 0 Å². The van der Waals surface area contributed by atoms with Crippen LogP contribution in [-0.4, -0.2) is 45.6 Å². The molecule has 1 rings (SSSR count). The van der Waals surface area contributed by atoms with Crippen LogP contribution < -0.4 is 10.7 Å². The molecule has 1 aromatic carbocycles. The van der Waals surface area contributed by atoms with Gasteiger partial charge in [-0.15, -0.1) is 0 Å². The molecular formula is C15H32N2O3Si2. The summed E-state index contributed by atoms with van der Waals surface area (Å²) in [6.07, 6.45) is 0.973. The lowest BCUT2D eigenvalue weighted by Crippen LogP contribution is -2.46. The summed E-state index contributed by atoms with van der Waals surface area (Å²) >= 11 is 0. The van der Waals surface area contributed by atoms with Gasteiger partial charge in [-0.1, -0.05) is 18.2 Å². The molecule has 0 radical (unpaired) electrons. The van der Waals surface area contributed by atoms with E-state index in [-0.39, 0.29) is 0 Å². The van der Waals surface area contributed by atoms with Crippen LogP contribution in [0.3, 0.4) is 0 Å². The highest BCUT2D eigenvalue weighted by Gasteiger charge is 2.39. The fourth-order valence-corrected chi connectivity index (χ4v) is 4.71. The average molecular weight is 345 g/mol. The maximum absolute atomic E-state index is 5.83. The number of benzene rings is 1. The molecule has 0 unspecified atom stereocenters. The molecule has 7 heteroatoms. The van der Waals surface area contributed by atoms with Crippen LogP contribution in [0.25, 0.3) is 0 Å². The van der Waals surface area contributed by atoms with Crippen molar-refractivity contribution in [3.8, 4) is 0 Å². The zero-order valence-electron chi connectivity index (χ0n) is 14.4. The molecule has 0 atom stereocenters. The first kappa shape index (κ1) is 21.3. The molecule has 0 saturated heterocycles. The van der Waals surface area contributed by atoms with Crippen molar-refractivity contribution in [3.63, 3.8) is 0 Å². The minimum Gasteiger partial charge on any atom is -0.385 e. The fraction of sp³-hybridized carbons (Fsp3) is 0.600. The summed E-state index contributed by atoms with van der Waals surface area (Å²) in [6, 6.07) is 11.1. The van der Waals surface area contributed by atoms with E-state index in [2.05, 4.69) is 22.8 Å². The van der Waals surface area contributed by atoms with Gasteiger partial charge in [0.1, 0.15) is 0 Å². The zero-order valence-corrected chi connectivity index (χ0v) is 17.4. The van der Waals surface area contributed by atoms with Crippen LogP contribution in [0.2, 0.25) is 6.04 Å². The lowest BCUT2D eigenvalue weighted by atomic mass is 10.3. The molecule has 0 heterocycles. The Morgan fingerprint density at radius 1 is 0.955 bits per heavy atom. The molecule has 1 aromatic rings. The van der Waals surface area contributed by atoms with Crippen molar-refractivity contribution in [2.24, 2.45) is 5.40 Å². The lowest BCUT2D eigenvalue weighted by molar-refractivity contribution is 0.0710. The van der Waals surface area contributed by atoms with E-state index in [1.165, 1.54) is 0 Å². The molecule has 0 spiro atoms. The summed E-state index contributed by atoms with van der Waals surface area (Å²) in [5.41, 5.74) is 1.14. The normalized spacial score (nSPS) is 10.9. The second kappa shape index (κ2) is 13.9. The van der Waals surface area contributed by atoms with Crippen molar-refractivity contribution >= 4 is 24.9 Å². The first-order valence-electron chi connectivity index (χ1n) is 8.04. The van der Waals surface area contributed by atoms with E-state index in [1.54, 1.807) is 0 Å². The number of nitrogens with one attached hydrogen (secondary N) is 1. The van der Waals surface area contributed by atoms with Gasteiger partial charge in [0.05, 0.1) is 10.4 Å². The van der Waals surface area contributed by atoms with Crippen LogP contribution >= 0.6 is 0 Å². The Labute approximate surface area is 139 Å². The Kier molecular flexibility index (Phi) is 13.5. The maximum atomic E-state index is 5.83. The smallest absolute Gasteiger partial charge is 0.385 e.